The Morgan fingerprint density at radius 3 is 2.63 bits per heavy atom. The number of hydrogen-bond donors (Lipinski definition) is 0. The van der Waals surface area contributed by atoms with Gasteiger partial charge in [-0.3, -0.25) is 0 Å². The first-order valence-corrected chi connectivity index (χ1v) is 10.8. The van der Waals surface area contributed by atoms with Crippen LogP contribution in [0.3, 0.4) is 0 Å². The van der Waals surface area contributed by atoms with E-state index >= 15 is 0 Å². The molecule has 0 radical (unpaired) electrons. The monoisotopic (exact) mass is 577 g/mol. The molecule has 0 fully saturated rings. The van der Waals surface area contributed by atoms with Crippen LogP contribution in [0.2, 0.25) is 0 Å². The Balaban J connectivity index is 1.46. The van der Waals surface area contributed by atoms with Crippen LogP contribution in [0.25, 0.3) is 6.08 Å². The molecule has 30 heavy (non-hydrogen) atoms. The zero-order valence-corrected chi connectivity index (χ0v) is 19.2. The first kappa shape index (κ1) is 20.7. The van der Waals surface area contributed by atoms with Crippen LogP contribution in [0.15, 0.2) is 81.9 Å². The predicted octanol–water partition coefficient (Wildman–Crippen LogP) is 6.12. The SMILES string of the molecule is O=C1OC(c2ccc(I)c(Br)c2)=N/C1=C\c1ccc(OCc2cccc(F)c2)cc1. The van der Waals surface area contributed by atoms with Gasteiger partial charge in [0.15, 0.2) is 5.70 Å². The van der Waals surface area contributed by atoms with Gasteiger partial charge in [0.25, 0.3) is 0 Å². The van der Waals surface area contributed by atoms with E-state index in [4.69, 9.17) is 9.47 Å². The number of benzene rings is 3. The molecule has 150 valence electrons. The van der Waals surface area contributed by atoms with Gasteiger partial charge in [0.1, 0.15) is 18.2 Å². The van der Waals surface area contributed by atoms with Crippen molar-refractivity contribution in [1.82, 2.24) is 0 Å². The van der Waals surface area contributed by atoms with Gasteiger partial charge in [0.2, 0.25) is 5.90 Å². The van der Waals surface area contributed by atoms with Crippen molar-refractivity contribution in [3.8, 4) is 5.75 Å². The molecule has 1 aliphatic rings. The molecule has 1 aliphatic heterocycles. The Labute approximate surface area is 194 Å². The average molecular weight is 578 g/mol. The second-order valence-electron chi connectivity index (χ2n) is 6.45. The number of cyclic esters (lactones) is 1. The molecule has 3 aromatic rings. The molecule has 0 aromatic heterocycles. The molecule has 4 rings (SSSR count). The lowest BCUT2D eigenvalue weighted by atomic mass is 10.2. The number of rotatable bonds is 5. The second kappa shape index (κ2) is 9.09. The molecule has 0 aliphatic carbocycles. The summed E-state index contributed by atoms with van der Waals surface area (Å²) in [6.07, 6.45) is 1.66. The van der Waals surface area contributed by atoms with E-state index in [1.165, 1.54) is 12.1 Å². The molecular formula is C23H14BrFINO3. The summed E-state index contributed by atoms with van der Waals surface area (Å²) < 4.78 is 26.2. The van der Waals surface area contributed by atoms with Gasteiger partial charge in [-0.05, 0) is 98.2 Å². The van der Waals surface area contributed by atoms with E-state index < -0.39 is 5.97 Å². The fourth-order valence-electron chi connectivity index (χ4n) is 2.77. The van der Waals surface area contributed by atoms with Crippen LogP contribution in [0.5, 0.6) is 5.75 Å². The third kappa shape index (κ3) is 4.96. The molecule has 3 aromatic carbocycles. The van der Waals surface area contributed by atoms with Crippen LogP contribution >= 0.6 is 38.5 Å². The Bertz CT molecular complexity index is 1180. The summed E-state index contributed by atoms with van der Waals surface area (Å²) in [5.41, 5.74) is 2.49. The van der Waals surface area contributed by atoms with Gasteiger partial charge in [-0.25, -0.2) is 14.2 Å². The van der Waals surface area contributed by atoms with Gasteiger partial charge in [0, 0.05) is 13.6 Å². The van der Waals surface area contributed by atoms with Gasteiger partial charge in [-0.2, -0.15) is 0 Å². The summed E-state index contributed by atoms with van der Waals surface area (Å²) in [4.78, 5) is 16.5. The predicted molar refractivity (Wildman–Crippen MR) is 125 cm³/mol. The molecule has 0 N–H and O–H groups in total. The highest BCUT2D eigenvalue weighted by Crippen LogP contribution is 2.25. The van der Waals surface area contributed by atoms with E-state index in [1.54, 1.807) is 30.3 Å². The summed E-state index contributed by atoms with van der Waals surface area (Å²) in [6, 6.07) is 19.1. The summed E-state index contributed by atoms with van der Waals surface area (Å²) in [6.45, 7) is 0.268. The van der Waals surface area contributed by atoms with E-state index in [0.717, 1.165) is 24.7 Å². The van der Waals surface area contributed by atoms with Crippen molar-refractivity contribution >= 4 is 56.5 Å². The number of halogens is 3. The van der Waals surface area contributed by atoms with Gasteiger partial charge >= 0.3 is 5.97 Å². The lowest BCUT2D eigenvalue weighted by Crippen LogP contribution is -2.05. The maximum Gasteiger partial charge on any atom is 0.363 e. The molecule has 0 unspecified atom stereocenters. The average Bonchev–Trinajstić information content (AvgIpc) is 3.10. The summed E-state index contributed by atoms with van der Waals surface area (Å²) in [5.74, 6) is 0.131. The quantitative estimate of drug-likeness (QED) is 0.209. The number of ether oxygens (including phenoxy) is 2. The molecule has 0 saturated heterocycles. The van der Waals surface area contributed by atoms with Crippen LogP contribution in [0, 0.1) is 9.39 Å². The molecule has 7 heteroatoms. The minimum atomic E-state index is -0.494. The van der Waals surface area contributed by atoms with E-state index in [-0.39, 0.29) is 24.0 Å². The highest BCUT2D eigenvalue weighted by Gasteiger charge is 2.24. The Hall–Kier alpha value is -2.52. The number of carbonyl (C=O) groups excluding carboxylic acids is 1. The van der Waals surface area contributed by atoms with Crippen molar-refractivity contribution < 1.29 is 18.7 Å². The van der Waals surface area contributed by atoms with Crippen molar-refractivity contribution in [2.75, 3.05) is 0 Å². The van der Waals surface area contributed by atoms with Crippen LogP contribution in [0.1, 0.15) is 16.7 Å². The normalized spacial score (nSPS) is 14.6. The van der Waals surface area contributed by atoms with Crippen molar-refractivity contribution in [3.05, 3.63) is 103 Å². The number of esters is 1. The number of hydrogen-bond acceptors (Lipinski definition) is 4. The lowest BCUT2D eigenvalue weighted by molar-refractivity contribution is -0.129. The molecule has 0 amide bonds. The Morgan fingerprint density at radius 2 is 1.90 bits per heavy atom. The van der Waals surface area contributed by atoms with E-state index in [1.807, 2.05) is 30.3 Å². The number of carbonyl (C=O) groups is 1. The lowest BCUT2D eigenvalue weighted by Gasteiger charge is -2.06. The van der Waals surface area contributed by atoms with Crippen LogP contribution < -0.4 is 4.74 Å². The van der Waals surface area contributed by atoms with Crippen LogP contribution in [-0.4, -0.2) is 11.9 Å². The Kier molecular flexibility index (Phi) is 6.29. The molecule has 1 heterocycles. The van der Waals surface area contributed by atoms with Gasteiger partial charge in [-0.1, -0.05) is 24.3 Å². The zero-order chi connectivity index (χ0) is 21.1. The fraction of sp³-hybridized carbons (Fsp3) is 0.0435. The van der Waals surface area contributed by atoms with E-state index in [2.05, 4.69) is 43.5 Å². The first-order chi connectivity index (χ1) is 14.5. The van der Waals surface area contributed by atoms with Crippen molar-refractivity contribution in [3.63, 3.8) is 0 Å². The summed E-state index contributed by atoms with van der Waals surface area (Å²) in [7, 11) is 0. The van der Waals surface area contributed by atoms with Crippen molar-refractivity contribution in [1.29, 1.82) is 0 Å². The van der Waals surface area contributed by atoms with E-state index in [0.29, 0.717) is 5.75 Å². The van der Waals surface area contributed by atoms with Crippen LogP contribution in [0.4, 0.5) is 4.39 Å². The van der Waals surface area contributed by atoms with Gasteiger partial charge in [0.05, 0.1) is 0 Å². The first-order valence-electron chi connectivity index (χ1n) is 8.93. The third-order valence-electron chi connectivity index (χ3n) is 4.27. The molecular weight excluding hydrogens is 564 g/mol. The molecule has 0 spiro atoms. The molecule has 0 bridgehead atoms. The minimum Gasteiger partial charge on any atom is -0.489 e. The molecule has 4 nitrogen and oxygen atoms in total. The van der Waals surface area contributed by atoms with Crippen molar-refractivity contribution in [2.24, 2.45) is 4.99 Å². The fourth-order valence-corrected chi connectivity index (χ4v) is 3.49. The number of aliphatic imine (C=N–C) groups is 1. The highest BCUT2D eigenvalue weighted by atomic mass is 127. The maximum absolute atomic E-state index is 13.2. The molecule has 0 saturated carbocycles. The largest absolute Gasteiger partial charge is 0.489 e. The number of nitrogens with zero attached hydrogens (tertiary/aromatic N) is 1. The Morgan fingerprint density at radius 1 is 1.10 bits per heavy atom. The highest BCUT2D eigenvalue weighted by molar-refractivity contribution is 14.1. The summed E-state index contributed by atoms with van der Waals surface area (Å²) >= 11 is 5.67. The smallest absolute Gasteiger partial charge is 0.363 e. The summed E-state index contributed by atoms with van der Waals surface area (Å²) in [5, 5.41) is 0. The topological polar surface area (TPSA) is 47.9 Å². The minimum absolute atomic E-state index is 0.230. The zero-order valence-electron chi connectivity index (χ0n) is 15.4. The van der Waals surface area contributed by atoms with Crippen molar-refractivity contribution in [2.45, 2.75) is 6.61 Å². The third-order valence-corrected chi connectivity index (χ3v) is 6.60. The standard InChI is InChI=1S/C23H14BrFINO3/c24-19-12-16(6-9-20(19)26)22-27-21(23(28)30-22)11-14-4-7-18(8-5-14)29-13-15-2-1-3-17(25)10-15/h1-12H,13H2/b21-11-. The van der Waals surface area contributed by atoms with E-state index in [9.17, 15) is 9.18 Å². The van der Waals surface area contributed by atoms with Gasteiger partial charge in [-0.15, -0.1) is 0 Å². The maximum atomic E-state index is 13.2. The second-order valence-corrected chi connectivity index (χ2v) is 8.47. The van der Waals surface area contributed by atoms with Gasteiger partial charge < -0.3 is 9.47 Å². The molecule has 0 atom stereocenters. The van der Waals surface area contributed by atoms with Crippen LogP contribution in [-0.2, 0) is 16.1 Å².